The standard InChI is InChI=1S/C13H10N4/c1-2-4-11(5-3-1)12-6-7-13(16-15-12)17-9-8-14-10-17/h1-10H. The quantitative estimate of drug-likeness (QED) is 0.668. The van der Waals surface area contributed by atoms with Crippen LogP contribution in [0, 0.1) is 0 Å². The van der Waals surface area contributed by atoms with Crippen LogP contribution >= 0.6 is 0 Å². The summed E-state index contributed by atoms with van der Waals surface area (Å²) in [5, 5.41) is 8.38. The van der Waals surface area contributed by atoms with Gasteiger partial charge in [0.2, 0.25) is 0 Å². The van der Waals surface area contributed by atoms with Crippen LogP contribution in [0.4, 0.5) is 0 Å². The molecule has 1 aromatic carbocycles. The first kappa shape index (κ1) is 9.72. The monoisotopic (exact) mass is 222 g/mol. The van der Waals surface area contributed by atoms with Gasteiger partial charge in [0.25, 0.3) is 0 Å². The number of imidazole rings is 1. The zero-order chi connectivity index (χ0) is 11.5. The van der Waals surface area contributed by atoms with E-state index in [-0.39, 0.29) is 0 Å². The van der Waals surface area contributed by atoms with E-state index in [1.165, 1.54) is 0 Å². The largest absolute Gasteiger partial charge is 0.289 e. The Morgan fingerprint density at radius 1 is 0.882 bits per heavy atom. The normalized spacial score (nSPS) is 10.4. The fourth-order valence-corrected chi connectivity index (χ4v) is 1.62. The maximum Gasteiger partial charge on any atom is 0.160 e. The highest BCUT2D eigenvalue weighted by atomic mass is 15.2. The van der Waals surface area contributed by atoms with Crippen LogP contribution in [0.15, 0.2) is 61.2 Å². The van der Waals surface area contributed by atoms with Gasteiger partial charge in [-0.2, -0.15) is 0 Å². The Labute approximate surface area is 98.6 Å². The van der Waals surface area contributed by atoms with Crippen molar-refractivity contribution in [3.8, 4) is 17.1 Å². The van der Waals surface area contributed by atoms with E-state index in [1.54, 1.807) is 12.5 Å². The van der Waals surface area contributed by atoms with Gasteiger partial charge in [0, 0.05) is 18.0 Å². The molecule has 0 N–H and O–H groups in total. The first-order valence-corrected chi connectivity index (χ1v) is 5.31. The maximum absolute atomic E-state index is 4.21. The number of benzene rings is 1. The summed E-state index contributed by atoms with van der Waals surface area (Å²) in [5.41, 5.74) is 1.94. The molecule has 3 aromatic rings. The minimum absolute atomic E-state index is 0.766. The van der Waals surface area contributed by atoms with Gasteiger partial charge in [0.05, 0.1) is 5.69 Å². The highest BCUT2D eigenvalue weighted by Crippen LogP contribution is 2.15. The Kier molecular flexibility index (Phi) is 2.38. The first-order chi connectivity index (χ1) is 8.43. The number of rotatable bonds is 2. The lowest BCUT2D eigenvalue weighted by Gasteiger charge is -2.02. The van der Waals surface area contributed by atoms with Crippen molar-refractivity contribution in [2.75, 3.05) is 0 Å². The summed E-state index contributed by atoms with van der Waals surface area (Å²) >= 11 is 0. The lowest BCUT2D eigenvalue weighted by atomic mass is 10.1. The summed E-state index contributed by atoms with van der Waals surface area (Å²) in [5.74, 6) is 0.766. The molecular formula is C13H10N4. The maximum atomic E-state index is 4.21. The first-order valence-electron chi connectivity index (χ1n) is 5.31. The van der Waals surface area contributed by atoms with Gasteiger partial charge < -0.3 is 0 Å². The van der Waals surface area contributed by atoms with Crippen LogP contribution in [0.25, 0.3) is 17.1 Å². The lowest BCUT2D eigenvalue weighted by molar-refractivity contribution is 0.916. The highest BCUT2D eigenvalue weighted by molar-refractivity contribution is 5.58. The molecule has 0 saturated heterocycles. The minimum atomic E-state index is 0.766. The molecule has 2 aromatic heterocycles. The number of nitrogens with zero attached hydrogens (tertiary/aromatic N) is 4. The van der Waals surface area contributed by atoms with E-state index in [2.05, 4.69) is 15.2 Å². The molecule has 0 aliphatic rings. The average molecular weight is 222 g/mol. The smallest absolute Gasteiger partial charge is 0.160 e. The molecule has 0 unspecified atom stereocenters. The summed E-state index contributed by atoms with van der Waals surface area (Å²) in [6.45, 7) is 0. The molecule has 3 rings (SSSR count). The van der Waals surface area contributed by atoms with Crippen molar-refractivity contribution >= 4 is 0 Å². The van der Waals surface area contributed by atoms with Crippen LogP contribution < -0.4 is 0 Å². The van der Waals surface area contributed by atoms with Crippen molar-refractivity contribution in [3.05, 3.63) is 61.2 Å². The summed E-state index contributed by atoms with van der Waals surface area (Å²) in [6.07, 6.45) is 5.26. The molecule has 0 bridgehead atoms. The highest BCUT2D eigenvalue weighted by Gasteiger charge is 2.01. The van der Waals surface area contributed by atoms with Crippen LogP contribution in [-0.4, -0.2) is 19.7 Å². The summed E-state index contributed by atoms with van der Waals surface area (Å²) < 4.78 is 1.82. The van der Waals surface area contributed by atoms with E-state index in [4.69, 9.17) is 0 Å². The van der Waals surface area contributed by atoms with Gasteiger partial charge in [0.15, 0.2) is 5.82 Å². The van der Waals surface area contributed by atoms with Crippen molar-refractivity contribution in [2.45, 2.75) is 0 Å². The third-order valence-corrected chi connectivity index (χ3v) is 2.49. The Morgan fingerprint density at radius 3 is 2.41 bits per heavy atom. The summed E-state index contributed by atoms with van der Waals surface area (Å²) in [7, 11) is 0. The molecule has 0 fully saturated rings. The van der Waals surface area contributed by atoms with E-state index in [0.29, 0.717) is 0 Å². The second kappa shape index (κ2) is 4.17. The van der Waals surface area contributed by atoms with Gasteiger partial charge in [-0.05, 0) is 12.1 Å². The van der Waals surface area contributed by atoms with E-state index < -0.39 is 0 Å². The summed E-state index contributed by atoms with van der Waals surface area (Å²) in [4.78, 5) is 3.97. The van der Waals surface area contributed by atoms with E-state index in [0.717, 1.165) is 17.1 Å². The molecule has 0 radical (unpaired) electrons. The molecule has 2 heterocycles. The molecule has 0 atom stereocenters. The van der Waals surface area contributed by atoms with Crippen LogP contribution in [0.1, 0.15) is 0 Å². The Bertz CT molecular complexity index is 585. The molecule has 0 aliphatic carbocycles. The summed E-state index contributed by atoms with van der Waals surface area (Å²) in [6, 6.07) is 13.9. The number of hydrogen-bond acceptors (Lipinski definition) is 3. The number of hydrogen-bond donors (Lipinski definition) is 0. The Balaban J connectivity index is 1.96. The predicted octanol–water partition coefficient (Wildman–Crippen LogP) is 2.33. The minimum Gasteiger partial charge on any atom is -0.289 e. The van der Waals surface area contributed by atoms with Crippen molar-refractivity contribution in [3.63, 3.8) is 0 Å². The van der Waals surface area contributed by atoms with Crippen LogP contribution in [0.2, 0.25) is 0 Å². The van der Waals surface area contributed by atoms with Crippen LogP contribution in [0.5, 0.6) is 0 Å². The molecule has 4 nitrogen and oxygen atoms in total. The van der Waals surface area contributed by atoms with E-state index >= 15 is 0 Å². The lowest BCUT2D eigenvalue weighted by Crippen LogP contribution is -1.97. The van der Waals surface area contributed by atoms with Gasteiger partial charge in [-0.15, -0.1) is 10.2 Å². The molecule has 0 spiro atoms. The third kappa shape index (κ3) is 1.92. The average Bonchev–Trinajstić information content (AvgIpc) is 2.94. The third-order valence-electron chi connectivity index (χ3n) is 2.49. The van der Waals surface area contributed by atoms with Crippen molar-refractivity contribution < 1.29 is 0 Å². The van der Waals surface area contributed by atoms with Gasteiger partial charge >= 0.3 is 0 Å². The zero-order valence-electron chi connectivity index (χ0n) is 9.06. The Morgan fingerprint density at radius 2 is 1.76 bits per heavy atom. The zero-order valence-corrected chi connectivity index (χ0v) is 9.06. The molecular weight excluding hydrogens is 212 g/mol. The molecule has 4 heteroatoms. The van der Waals surface area contributed by atoms with Crippen molar-refractivity contribution in [1.29, 1.82) is 0 Å². The molecule has 0 amide bonds. The van der Waals surface area contributed by atoms with Crippen LogP contribution in [-0.2, 0) is 0 Å². The van der Waals surface area contributed by atoms with E-state index in [1.807, 2.05) is 53.2 Å². The fraction of sp³-hybridized carbons (Fsp3) is 0. The van der Waals surface area contributed by atoms with Crippen molar-refractivity contribution in [1.82, 2.24) is 19.7 Å². The molecule has 0 aliphatic heterocycles. The molecule has 17 heavy (non-hydrogen) atoms. The Hall–Kier alpha value is -2.49. The van der Waals surface area contributed by atoms with Gasteiger partial charge in [-0.25, -0.2) is 4.98 Å². The van der Waals surface area contributed by atoms with Gasteiger partial charge in [-0.3, -0.25) is 4.57 Å². The topological polar surface area (TPSA) is 43.6 Å². The van der Waals surface area contributed by atoms with Gasteiger partial charge in [-0.1, -0.05) is 30.3 Å². The second-order valence-corrected chi connectivity index (χ2v) is 3.61. The van der Waals surface area contributed by atoms with Crippen LogP contribution in [0.3, 0.4) is 0 Å². The predicted molar refractivity (Wildman–Crippen MR) is 64.6 cm³/mol. The second-order valence-electron chi connectivity index (χ2n) is 3.61. The SMILES string of the molecule is c1ccc(-c2ccc(-n3ccnc3)nn2)cc1. The van der Waals surface area contributed by atoms with E-state index in [9.17, 15) is 0 Å². The van der Waals surface area contributed by atoms with Crippen molar-refractivity contribution in [2.24, 2.45) is 0 Å². The molecule has 0 saturated carbocycles. The van der Waals surface area contributed by atoms with Gasteiger partial charge in [0.1, 0.15) is 6.33 Å². The number of aromatic nitrogens is 4. The fourth-order valence-electron chi connectivity index (χ4n) is 1.62. The molecule has 82 valence electrons.